The Morgan fingerprint density at radius 1 is 1.41 bits per heavy atom. The molecule has 0 aliphatic rings. The molecule has 2 aromatic rings. The molecular weight excluding hydrogens is 230 g/mol. The predicted molar refractivity (Wildman–Crippen MR) is 71.4 cm³/mol. The van der Waals surface area contributed by atoms with Gasteiger partial charge in [0.2, 0.25) is 0 Å². The van der Waals surface area contributed by atoms with E-state index in [0.717, 1.165) is 16.8 Å². The summed E-state index contributed by atoms with van der Waals surface area (Å²) in [7, 11) is 0. The number of anilines is 1. The number of thiophene rings is 1. The molecule has 0 aliphatic heterocycles. The highest BCUT2D eigenvalue weighted by Crippen LogP contribution is 2.16. The maximum Gasteiger partial charge on any atom is 0.256 e. The van der Waals surface area contributed by atoms with Gasteiger partial charge in [-0.2, -0.15) is 11.3 Å². The third kappa shape index (κ3) is 2.55. The Morgan fingerprint density at radius 3 is 2.88 bits per heavy atom. The van der Waals surface area contributed by atoms with Crippen molar-refractivity contribution < 1.29 is 4.79 Å². The molecule has 0 spiro atoms. The van der Waals surface area contributed by atoms with Gasteiger partial charge < -0.3 is 5.32 Å². The van der Waals surface area contributed by atoms with Crippen LogP contribution in [-0.2, 0) is 0 Å². The van der Waals surface area contributed by atoms with Crippen molar-refractivity contribution in [3.05, 3.63) is 51.7 Å². The summed E-state index contributed by atoms with van der Waals surface area (Å²) < 4.78 is 0. The number of terminal acetylenes is 1. The second kappa shape index (κ2) is 4.86. The lowest BCUT2D eigenvalue weighted by molar-refractivity contribution is 0.102. The first-order valence-electron chi connectivity index (χ1n) is 5.11. The molecule has 1 amide bonds. The van der Waals surface area contributed by atoms with Crippen LogP contribution in [0.3, 0.4) is 0 Å². The van der Waals surface area contributed by atoms with Gasteiger partial charge in [0, 0.05) is 16.6 Å². The zero-order valence-electron chi connectivity index (χ0n) is 9.36. The van der Waals surface area contributed by atoms with Crippen LogP contribution in [0.1, 0.15) is 21.5 Å². The molecular formula is C14H11NOS. The van der Waals surface area contributed by atoms with Crippen LogP contribution in [0.25, 0.3) is 0 Å². The lowest BCUT2D eigenvalue weighted by Crippen LogP contribution is -2.12. The predicted octanol–water partition coefficient (Wildman–Crippen LogP) is 3.29. The van der Waals surface area contributed by atoms with E-state index >= 15 is 0 Å². The van der Waals surface area contributed by atoms with Gasteiger partial charge >= 0.3 is 0 Å². The van der Waals surface area contributed by atoms with Crippen LogP contribution in [0, 0.1) is 19.3 Å². The molecule has 0 fully saturated rings. The topological polar surface area (TPSA) is 29.1 Å². The first kappa shape index (κ1) is 11.4. The summed E-state index contributed by atoms with van der Waals surface area (Å²) >= 11 is 1.52. The molecule has 2 nitrogen and oxygen atoms in total. The van der Waals surface area contributed by atoms with Crippen LogP contribution in [0.15, 0.2) is 35.0 Å². The first-order chi connectivity index (χ1) is 8.20. The van der Waals surface area contributed by atoms with E-state index in [1.165, 1.54) is 11.3 Å². The molecule has 0 atom stereocenters. The number of benzene rings is 1. The monoisotopic (exact) mass is 241 g/mol. The summed E-state index contributed by atoms with van der Waals surface area (Å²) in [6.07, 6.45) is 5.31. The van der Waals surface area contributed by atoms with E-state index < -0.39 is 0 Å². The molecule has 84 valence electrons. The Balaban J connectivity index is 2.19. The molecule has 0 bridgehead atoms. The molecule has 2 rings (SSSR count). The average Bonchev–Trinajstić information content (AvgIpc) is 2.76. The van der Waals surface area contributed by atoms with Crippen molar-refractivity contribution in [3.63, 3.8) is 0 Å². The number of rotatable bonds is 2. The van der Waals surface area contributed by atoms with Crippen molar-refractivity contribution in [1.82, 2.24) is 0 Å². The van der Waals surface area contributed by atoms with Gasteiger partial charge in [-0.15, -0.1) is 6.42 Å². The average molecular weight is 241 g/mol. The molecule has 1 heterocycles. The van der Waals surface area contributed by atoms with Gasteiger partial charge in [0.15, 0.2) is 0 Å². The summed E-state index contributed by atoms with van der Waals surface area (Å²) in [4.78, 5) is 11.9. The fraction of sp³-hybridized carbons (Fsp3) is 0.0714. The number of carbonyl (C=O) groups is 1. The van der Waals surface area contributed by atoms with Gasteiger partial charge in [0.05, 0.1) is 5.56 Å². The van der Waals surface area contributed by atoms with Crippen molar-refractivity contribution in [2.24, 2.45) is 0 Å². The molecule has 1 aromatic carbocycles. The highest BCUT2D eigenvalue weighted by atomic mass is 32.1. The normalized spacial score (nSPS) is 9.65. The molecule has 0 saturated heterocycles. The van der Waals surface area contributed by atoms with Gasteiger partial charge in [-0.3, -0.25) is 4.79 Å². The van der Waals surface area contributed by atoms with Crippen LogP contribution >= 0.6 is 11.3 Å². The smallest absolute Gasteiger partial charge is 0.256 e. The summed E-state index contributed by atoms with van der Waals surface area (Å²) in [6, 6.07) is 7.25. The molecule has 1 aromatic heterocycles. The van der Waals surface area contributed by atoms with Crippen LogP contribution in [0.4, 0.5) is 5.69 Å². The van der Waals surface area contributed by atoms with Gasteiger partial charge in [-0.1, -0.05) is 12.0 Å². The molecule has 3 heteroatoms. The Bertz CT molecular complexity index is 592. The fourth-order valence-corrected chi connectivity index (χ4v) is 2.31. The number of amides is 1. The van der Waals surface area contributed by atoms with E-state index in [1.54, 1.807) is 6.07 Å². The van der Waals surface area contributed by atoms with Gasteiger partial charge in [0.1, 0.15) is 0 Å². The molecule has 0 radical (unpaired) electrons. The van der Waals surface area contributed by atoms with Crippen LogP contribution in [0.2, 0.25) is 0 Å². The number of carbonyl (C=O) groups excluding carboxylic acids is 1. The summed E-state index contributed by atoms with van der Waals surface area (Å²) in [5.41, 5.74) is 3.17. The molecule has 0 saturated carbocycles. The van der Waals surface area contributed by atoms with Crippen molar-refractivity contribution in [2.75, 3.05) is 5.32 Å². The van der Waals surface area contributed by atoms with E-state index in [0.29, 0.717) is 5.56 Å². The number of hydrogen-bond donors (Lipinski definition) is 1. The van der Waals surface area contributed by atoms with Crippen LogP contribution in [0.5, 0.6) is 0 Å². The zero-order chi connectivity index (χ0) is 12.3. The van der Waals surface area contributed by atoms with E-state index in [4.69, 9.17) is 6.42 Å². The molecule has 1 N–H and O–H groups in total. The minimum atomic E-state index is -0.0991. The van der Waals surface area contributed by atoms with Gasteiger partial charge in [-0.05, 0) is 36.1 Å². The summed E-state index contributed by atoms with van der Waals surface area (Å²) in [6.45, 7) is 1.92. The summed E-state index contributed by atoms with van der Waals surface area (Å²) in [5, 5.41) is 6.63. The quantitative estimate of drug-likeness (QED) is 0.803. The van der Waals surface area contributed by atoms with Gasteiger partial charge in [-0.25, -0.2) is 0 Å². The number of hydrogen-bond acceptors (Lipinski definition) is 2. The van der Waals surface area contributed by atoms with Crippen molar-refractivity contribution >= 4 is 22.9 Å². The Hall–Kier alpha value is -2.05. The molecule has 17 heavy (non-hydrogen) atoms. The van der Waals surface area contributed by atoms with Crippen molar-refractivity contribution in [1.29, 1.82) is 0 Å². The van der Waals surface area contributed by atoms with E-state index in [-0.39, 0.29) is 5.91 Å². The third-order valence-electron chi connectivity index (χ3n) is 2.39. The minimum Gasteiger partial charge on any atom is -0.322 e. The fourth-order valence-electron chi connectivity index (χ4n) is 1.48. The lowest BCUT2D eigenvalue weighted by atomic mass is 10.2. The van der Waals surface area contributed by atoms with Crippen LogP contribution in [-0.4, -0.2) is 5.91 Å². The van der Waals surface area contributed by atoms with Crippen molar-refractivity contribution in [2.45, 2.75) is 6.92 Å². The largest absolute Gasteiger partial charge is 0.322 e. The number of nitrogens with one attached hydrogen (secondary N) is 1. The lowest BCUT2D eigenvalue weighted by Gasteiger charge is -2.05. The maximum absolute atomic E-state index is 11.9. The van der Waals surface area contributed by atoms with E-state index in [2.05, 4.69) is 11.2 Å². The Kier molecular flexibility index (Phi) is 3.27. The maximum atomic E-state index is 11.9. The zero-order valence-corrected chi connectivity index (χ0v) is 10.2. The van der Waals surface area contributed by atoms with Crippen LogP contribution < -0.4 is 5.32 Å². The Morgan fingerprint density at radius 2 is 2.24 bits per heavy atom. The third-order valence-corrected chi connectivity index (χ3v) is 3.25. The molecule has 0 unspecified atom stereocenters. The second-order valence-electron chi connectivity index (χ2n) is 3.65. The SMILES string of the molecule is C#Cc1cccc(NC(=O)c2cscc2C)c1. The minimum absolute atomic E-state index is 0.0991. The standard InChI is InChI=1S/C14H11NOS/c1-3-11-5-4-6-12(7-11)15-14(16)13-9-17-8-10(13)2/h1,4-9H,2H3,(H,15,16). The highest BCUT2D eigenvalue weighted by Gasteiger charge is 2.09. The number of aryl methyl sites for hydroxylation is 1. The van der Waals surface area contributed by atoms with Gasteiger partial charge in [0.25, 0.3) is 5.91 Å². The van der Waals surface area contributed by atoms with E-state index in [9.17, 15) is 4.79 Å². The highest BCUT2D eigenvalue weighted by molar-refractivity contribution is 7.08. The summed E-state index contributed by atoms with van der Waals surface area (Å²) in [5.74, 6) is 2.44. The second-order valence-corrected chi connectivity index (χ2v) is 4.39. The van der Waals surface area contributed by atoms with Crippen molar-refractivity contribution in [3.8, 4) is 12.3 Å². The molecule has 0 aliphatic carbocycles. The first-order valence-corrected chi connectivity index (χ1v) is 6.06. The Labute approximate surface area is 104 Å². The van der Waals surface area contributed by atoms with E-state index in [1.807, 2.05) is 35.9 Å².